The summed E-state index contributed by atoms with van der Waals surface area (Å²) in [6.45, 7) is 0. The number of amides is 1. The summed E-state index contributed by atoms with van der Waals surface area (Å²) in [5, 5.41) is 18.6. The molecule has 0 unspecified atom stereocenters. The molecule has 0 saturated heterocycles. The van der Waals surface area contributed by atoms with Crippen molar-refractivity contribution in [3.05, 3.63) is 71.8 Å². The van der Waals surface area contributed by atoms with Crippen LogP contribution in [0.1, 0.15) is 15.9 Å². The van der Waals surface area contributed by atoms with E-state index < -0.39 is 17.7 Å². The predicted octanol–water partition coefficient (Wildman–Crippen LogP) is 2.00. The molecule has 2 rings (SSSR count). The first-order valence-electron chi connectivity index (χ1n) is 6.87. The largest absolute Gasteiger partial charge is 0.507 e. The third-order valence-electron chi connectivity index (χ3n) is 3.01. The number of aliphatic hydroxyl groups is 1. The third kappa shape index (κ3) is 4.44. The lowest BCUT2D eigenvalue weighted by atomic mass is 10.1. The van der Waals surface area contributed by atoms with Gasteiger partial charge in [-0.15, -0.1) is 0 Å². The van der Waals surface area contributed by atoms with Crippen LogP contribution in [0.25, 0.3) is 5.76 Å². The number of nitrogens with one attached hydrogen (secondary N) is 2. The highest BCUT2D eigenvalue weighted by Crippen LogP contribution is 2.10. The standard InChI is InChI=1S/C17H14N2O5/c20-14(11-4-2-1-3-5-11)10-15(21)16(22)19-18-13-8-6-12(7-9-13)17(23)24/h1-10,18,20H,(H,19,22)(H,23,24)/b14-10-. The summed E-state index contributed by atoms with van der Waals surface area (Å²) in [6.07, 6.45) is 0.819. The van der Waals surface area contributed by atoms with Crippen molar-refractivity contribution >= 4 is 29.1 Å². The molecule has 0 fully saturated rings. The highest BCUT2D eigenvalue weighted by atomic mass is 16.4. The summed E-state index contributed by atoms with van der Waals surface area (Å²) >= 11 is 0. The fourth-order valence-electron chi connectivity index (χ4n) is 1.77. The Kier molecular flexibility index (Phi) is 5.30. The Bertz CT molecular complexity index is 782. The first-order valence-corrected chi connectivity index (χ1v) is 6.87. The van der Waals surface area contributed by atoms with Crippen LogP contribution in [0.15, 0.2) is 60.7 Å². The van der Waals surface area contributed by atoms with Crippen LogP contribution in [0.4, 0.5) is 5.69 Å². The Morgan fingerprint density at radius 1 is 0.833 bits per heavy atom. The zero-order valence-electron chi connectivity index (χ0n) is 12.4. The Hall–Kier alpha value is -3.61. The number of hydrazine groups is 1. The Balaban J connectivity index is 1.94. The second-order valence-corrected chi connectivity index (χ2v) is 4.72. The van der Waals surface area contributed by atoms with Gasteiger partial charge in [-0.25, -0.2) is 4.79 Å². The zero-order chi connectivity index (χ0) is 17.5. The van der Waals surface area contributed by atoms with Gasteiger partial charge < -0.3 is 10.2 Å². The summed E-state index contributed by atoms with van der Waals surface area (Å²) in [6, 6.07) is 13.9. The van der Waals surface area contributed by atoms with E-state index in [9.17, 15) is 19.5 Å². The van der Waals surface area contributed by atoms with Crippen molar-refractivity contribution in [2.75, 3.05) is 5.43 Å². The van der Waals surface area contributed by atoms with Gasteiger partial charge in [-0.05, 0) is 24.3 Å². The number of aromatic carboxylic acids is 1. The maximum absolute atomic E-state index is 11.7. The molecule has 24 heavy (non-hydrogen) atoms. The number of carbonyl (C=O) groups excluding carboxylic acids is 2. The van der Waals surface area contributed by atoms with E-state index in [-0.39, 0.29) is 11.3 Å². The van der Waals surface area contributed by atoms with Crippen molar-refractivity contribution in [2.24, 2.45) is 0 Å². The highest BCUT2D eigenvalue weighted by Gasteiger charge is 2.12. The van der Waals surface area contributed by atoms with Crippen molar-refractivity contribution in [3.8, 4) is 0 Å². The first kappa shape index (κ1) is 16.8. The van der Waals surface area contributed by atoms with Gasteiger partial charge in [-0.1, -0.05) is 30.3 Å². The van der Waals surface area contributed by atoms with Crippen LogP contribution in [-0.2, 0) is 9.59 Å². The number of aliphatic hydroxyl groups excluding tert-OH is 1. The van der Waals surface area contributed by atoms with E-state index >= 15 is 0 Å². The van der Waals surface area contributed by atoms with Gasteiger partial charge >= 0.3 is 11.9 Å². The van der Waals surface area contributed by atoms with E-state index in [2.05, 4.69) is 10.9 Å². The summed E-state index contributed by atoms with van der Waals surface area (Å²) < 4.78 is 0. The van der Waals surface area contributed by atoms with Gasteiger partial charge in [0, 0.05) is 11.6 Å². The summed E-state index contributed by atoms with van der Waals surface area (Å²) in [7, 11) is 0. The maximum Gasteiger partial charge on any atom is 0.335 e. The molecule has 0 aliphatic heterocycles. The average molecular weight is 326 g/mol. The molecule has 7 nitrogen and oxygen atoms in total. The number of carboxylic acid groups (broad SMARTS) is 1. The topological polar surface area (TPSA) is 116 Å². The molecule has 0 heterocycles. The van der Waals surface area contributed by atoms with Crippen LogP contribution < -0.4 is 10.9 Å². The molecule has 0 spiro atoms. The average Bonchev–Trinajstić information content (AvgIpc) is 2.60. The van der Waals surface area contributed by atoms with Gasteiger partial charge in [-0.2, -0.15) is 0 Å². The number of carbonyl (C=O) groups is 3. The minimum atomic E-state index is -1.07. The van der Waals surface area contributed by atoms with Crippen molar-refractivity contribution in [1.29, 1.82) is 0 Å². The third-order valence-corrected chi connectivity index (χ3v) is 3.01. The SMILES string of the molecule is O=C(/C=C(\O)c1ccccc1)C(=O)NNc1ccc(C(=O)O)cc1. The van der Waals surface area contributed by atoms with Crippen LogP contribution in [0.2, 0.25) is 0 Å². The van der Waals surface area contributed by atoms with Crippen LogP contribution in [0, 0.1) is 0 Å². The molecule has 122 valence electrons. The molecule has 0 saturated carbocycles. The van der Waals surface area contributed by atoms with Gasteiger partial charge in [0.25, 0.3) is 0 Å². The normalized spacial score (nSPS) is 10.8. The summed E-state index contributed by atoms with van der Waals surface area (Å²) in [5.74, 6) is -3.30. The van der Waals surface area contributed by atoms with Gasteiger partial charge in [0.1, 0.15) is 5.76 Å². The van der Waals surface area contributed by atoms with E-state index in [0.29, 0.717) is 11.3 Å². The zero-order valence-corrected chi connectivity index (χ0v) is 12.4. The van der Waals surface area contributed by atoms with Gasteiger partial charge in [0.05, 0.1) is 11.3 Å². The minimum absolute atomic E-state index is 0.0960. The van der Waals surface area contributed by atoms with Crippen LogP contribution in [-0.4, -0.2) is 27.9 Å². The van der Waals surface area contributed by atoms with Crippen LogP contribution >= 0.6 is 0 Å². The molecule has 0 aliphatic carbocycles. The fraction of sp³-hybridized carbons (Fsp3) is 0. The monoisotopic (exact) mass is 326 g/mol. The smallest absolute Gasteiger partial charge is 0.335 e. The van der Waals surface area contributed by atoms with Crippen LogP contribution in [0.3, 0.4) is 0 Å². The molecule has 2 aromatic rings. The molecule has 4 N–H and O–H groups in total. The number of anilines is 1. The number of hydrogen-bond donors (Lipinski definition) is 4. The van der Waals surface area contributed by atoms with E-state index in [1.807, 2.05) is 0 Å². The second kappa shape index (κ2) is 7.59. The van der Waals surface area contributed by atoms with Gasteiger partial charge in [0.2, 0.25) is 5.78 Å². The maximum atomic E-state index is 11.7. The predicted molar refractivity (Wildman–Crippen MR) is 87.2 cm³/mol. The Morgan fingerprint density at radius 2 is 1.46 bits per heavy atom. The van der Waals surface area contributed by atoms with Crippen molar-refractivity contribution < 1.29 is 24.6 Å². The molecule has 7 heteroatoms. The number of carboxylic acids is 1. The Morgan fingerprint density at radius 3 is 2.04 bits per heavy atom. The summed E-state index contributed by atoms with van der Waals surface area (Å²) in [4.78, 5) is 34.1. The lowest BCUT2D eigenvalue weighted by molar-refractivity contribution is -0.134. The van der Waals surface area contributed by atoms with Crippen LogP contribution in [0.5, 0.6) is 0 Å². The van der Waals surface area contributed by atoms with E-state index in [1.54, 1.807) is 30.3 Å². The number of rotatable bonds is 6. The van der Waals surface area contributed by atoms with Crippen molar-refractivity contribution in [3.63, 3.8) is 0 Å². The molecule has 0 aromatic heterocycles. The van der Waals surface area contributed by atoms with Crippen molar-refractivity contribution in [2.45, 2.75) is 0 Å². The lowest BCUT2D eigenvalue weighted by Gasteiger charge is -2.07. The molecule has 0 atom stereocenters. The molecule has 1 amide bonds. The summed E-state index contributed by atoms with van der Waals surface area (Å²) in [5.41, 5.74) is 5.55. The van der Waals surface area contributed by atoms with Gasteiger partial charge in [0.15, 0.2) is 0 Å². The highest BCUT2D eigenvalue weighted by molar-refractivity contribution is 6.41. The fourth-order valence-corrected chi connectivity index (χ4v) is 1.77. The van der Waals surface area contributed by atoms with E-state index in [1.165, 1.54) is 24.3 Å². The lowest BCUT2D eigenvalue weighted by Crippen LogP contribution is -2.34. The number of hydrogen-bond acceptors (Lipinski definition) is 5. The second-order valence-electron chi connectivity index (χ2n) is 4.72. The molecule has 0 radical (unpaired) electrons. The quantitative estimate of drug-likeness (QED) is 0.279. The molecule has 2 aromatic carbocycles. The van der Waals surface area contributed by atoms with Crippen molar-refractivity contribution in [1.82, 2.24) is 5.43 Å². The Labute approximate surface area is 137 Å². The number of benzene rings is 2. The first-order chi connectivity index (χ1) is 11.5. The molecular formula is C17H14N2O5. The van der Waals surface area contributed by atoms with E-state index in [0.717, 1.165) is 6.08 Å². The van der Waals surface area contributed by atoms with Gasteiger partial charge in [-0.3, -0.25) is 20.4 Å². The van der Waals surface area contributed by atoms with E-state index in [4.69, 9.17) is 5.11 Å². The molecular weight excluding hydrogens is 312 g/mol. The molecule has 0 aliphatic rings. The molecule has 0 bridgehead atoms. The number of ketones is 1. The minimum Gasteiger partial charge on any atom is -0.507 e.